The molecule has 0 amide bonds. The number of ketones is 1. The summed E-state index contributed by atoms with van der Waals surface area (Å²) < 4.78 is 5.15. The van der Waals surface area contributed by atoms with Gasteiger partial charge in [0.25, 0.3) is 0 Å². The van der Waals surface area contributed by atoms with E-state index in [0.717, 1.165) is 27.8 Å². The van der Waals surface area contributed by atoms with Crippen LogP contribution in [0, 0.1) is 6.92 Å². The van der Waals surface area contributed by atoms with Crippen LogP contribution in [-0.4, -0.2) is 24.1 Å². The molecule has 0 unspecified atom stereocenters. The average molecular weight is 260 g/mol. The Morgan fingerprint density at radius 1 is 1.42 bits per heavy atom. The van der Waals surface area contributed by atoms with Crippen LogP contribution >= 0.6 is 0 Å². The summed E-state index contributed by atoms with van der Waals surface area (Å²) in [7, 11) is 1.61. The van der Waals surface area contributed by atoms with E-state index in [1.165, 1.54) is 0 Å². The number of ether oxygens (including phenoxy) is 1. The maximum atomic E-state index is 12.4. The SMILES string of the molecule is COCc1ccc(C)c2c1C(=O)[C@H](O)C(=C(C)C)C2. The van der Waals surface area contributed by atoms with Crippen LogP contribution in [0.5, 0.6) is 0 Å². The number of hydrogen-bond acceptors (Lipinski definition) is 3. The van der Waals surface area contributed by atoms with Gasteiger partial charge in [0.1, 0.15) is 6.10 Å². The van der Waals surface area contributed by atoms with Crippen molar-refractivity contribution in [3.8, 4) is 0 Å². The summed E-state index contributed by atoms with van der Waals surface area (Å²) in [5.74, 6) is -0.201. The first-order chi connectivity index (χ1) is 8.97. The maximum Gasteiger partial charge on any atom is 0.196 e. The van der Waals surface area contributed by atoms with E-state index in [4.69, 9.17) is 4.74 Å². The summed E-state index contributed by atoms with van der Waals surface area (Å²) in [6.45, 7) is 6.27. The standard InChI is InChI=1S/C16H20O3/c1-9(2)12-7-13-10(3)5-6-11(8-19-4)14(13)16(18)15(12)17/h5-6,15,17H,7-8H2,1-4H3/t15-/m1/s1. The van der Waals surface area contributed by atoms with Gasteiger partial charge < -0.3 is 9.84 Å². The van der Waals surface area contributed by atoms with E-state index >= 15 is 0 Å². The number of aliphatic hydroxyl groups is 1. The molecule has 0 radical (unpaired) electrons. The minimum Gasteiger partial charge on any atom is -0.380 e. The Balaban J connectivity index is 2.64. The molecule has 0 saturated heterocycles. The largest absolute Gasteiger partial charge is 0.380 e. The maximum absolute atomic E-state index is 12.4. The zero-order valence-electron chi connectivity index (χ0n) is 11.9. The Morgan fingerprint density at radius 2 is 2.11 bits per heavy atom. The topological polar surface area (TPSA) is 46.5 Å². The molecular formula is C16H20O3. The number of carbonyl (C=O) groups excluding carboxylic acids is 1. The first kappa shape index (κ1) is 14.0. The van der Waals surface area contributed by atoms with Crippen molar-refractivity contribution in [1.82, 2.24) is 0 Å². The van der Waals surface area contributed by atoms with Gasteiger partial charge in [-0.3, -0.25) is 4.79 Å². The Hall–Kier alpha value is -1.45. The Morgan fingerprint density at radius 3 is 2.68 bits per heavy atom. The third-order valence-electron chi connectivity index (χ3n) is 3.77. The number of hydrogen-bond donors (Lipinski definition) is 1. The Kier molecular flexibility index (Phi) is 3.88. The minimum absolute atomic E-state index is 0.201. The fraction of sp³-hybridized carbons (Fsp3) is 0.438. The molecule has 1 aliphatic carbocycles. The van der Waals surface area contributed by atoms with Crippen LogP contribution in [0.1, 0.15) is 40.9 Å². The highest BCUT2D eigenvalue weighted by molar-refractivity contribution is 6.05. The van der Waals surface area contributed by atoms with E-state index in [1.807, 2.05) is 32.9 Å². The fourth-order valence-electron chi connectivity index (χ4n) is 2.64. The molecular weight excluding hydrogens is 240 g/mol. The molecule has 1 atom stereocenters. The molecule has 19 heavy (non-hydrogen) atoms. The fourth-order valence-corrected chi connectivity index (χ4v) is 2.64. The van der Waals surface area contributed by atoms with Crippen molar-refractivity contribution >= 4 is 5.78 Å². The van der Waals surface area contributed by atoms with Crippen LogP contribution in [0.3, 0.4) is 0 Å². The molecule has 0 spiro atoms. The predicted molar refractivity (Wildman–Crippen MR) is 74.3 cm³/mol. The molecule has 102 valence electrons. The van der Waals surface area contributed by atoms with E-state index in [2.05, 4.69) is 0 Å². The van der Waals surface area contributed by atoms with Crippen LogP contribution in [-0.2, 0) is 17.8 Å². The van der Waals surface area contributed by atoms with Gasteiger partial charge in [-0.1, -0.05) is 17.7 Å². The van der Waals surface area contributed by atoms with Crippen molar-refractivity contribution in [1.29, 1.82) is 0 Å². The molecule has 1 aromatic rings. The van der Waals surface area contributed by atoms with Crippen LogP contribution < -0.4 is 0 Å². The zero-order valence-corrected chi connectivity index (χ0v) is 11.9. The number of aryl methyl sites for hydroxylation is 1. The quantitative estimate of drug-likeness (QED) is 0.831. The lowest BCUT2D eigenvalue weighted by Gasteiger charge is -2.27. The van der Waals surface area contributed by atoms with E-state index in [9.17, 15) is 9.90 Å². The molecule has 0 aromatic heterocycles. The zero-order chi connectivity index (χ0) is 14.2. The number of Topliss-reactive ketones (excluding diaryl/α,β-unsaturated/α-hetero) is 1. The second-order valence-electron chi connectivity index (χ2n) is 5.30. The number of allylic oxidation sites excluding steroid dienone is 1. The molecule has 0 heterocycles. The van der Waals surface area contributed by atoms with Gasteiger partial charge in [-0.2, -0.15) is 0 Å². The minimum atomic E-state index is -1.00. The third-order valence-corrected chi connectivity index (χ3v) is 3.77. The molecule has 3 nitrogen and oxygen atoms in total. The number of benzene rings is 1. The van der Waals surface area contributed by atoms with E-state index < -0.39 is 6.10 Å². The van der Waals surface area contributed by atoms with Gasteiger partial charge in [-0.15, -0.1) is 0 Å². The highest BCUT2D eigenvalue weighted by Gasteiger charge is 2.32. The monoisotopic (exact) mass is 260 g/mol. The normalized spacial score (nSPS) is 18.5. The van der Waals surface area contributed by atoms with Crippen molar-refractivity contribution < 1.29 is 14.6 Å². The van der Waals surface area contributed by atoms with Gasteiger partial charge in [-0.05, 0) is 49.5 Å². The van der Waals surface area contributed by atoms with Gasteiger partial charge in [0.05, 0.1) is 6.61 Å². The number of rotatable bonds is 2. The molecule has 0 bridgehead atoms. The summed E-state index contributed by atoms with van der Waals surface area (Å²) in [4.78, 5) is 12.4. The Bertz CT molecular complexity index is 551. The Labute approximate surface area is 113 Å². The number of methoxy groups -OCH3 is 1. The molecule has 2 rings (SSSR count). The molecule has 0 saturated carbocycles. The van der Waals surface area contributed by atoms with Gasteiger partial charge >= 0.3 is 0 Å². The molecule has 0 fully saturated rings. The summed E-state index contributed by atoms with van der Waals surface area (Å²) >= 11 is 0. The lowest BCUT2D eigenvalue weighted by molar-refractivity contribution is 0.0783. The predicted octanol–water partition coefficient (Wildman–Crippen LogP) is 2.58. The molecule has 1 aromatic carbocycles. The van der Waals surface area contributed by atoms with Crippen molar-refractivity contribution in [2.45, 2.75) is 39.9 Å². The van der Waals surface area contributed by atoms with E-state index in [-0.39, 0.29) is 5.78 Å². The van der Waals surface area contributed by atoms with Crippen LogP contribution in [0.25, 0.3) is 0 Å². The van der Waals surface area contributed by atoms with Crippen LogP contribution in [0.2, 0.25) is 0 Å². The smallest absolute Gasteiger partial charge is 0.196 e. The van der Waals surface area contributed by atoms with Crippen molar-refractivity contribution in [3.63, 3.8) is 0 Å². The van der Waals surface area contributed by atoms with Gasteiger partial charge in [0, 0.05) is 12.7 Å². The van der Waals surface area contributed by atoms with Gasteiger partial charge in [-0.25, -0.2) is 0 Å². The second kappa shape index (κ2) is 5.27. The first-order valence-corrected chi connectivity index (χ1v) is 6.46. The third kappa shape index (κ3) is 2.36. The molecule has 0 aliphatic heterocycles. The average Bonchev–Trinajstić information content (AvgIpc) is 2.36. The molecule has 3 heteroatoms. The number of aliphatic hydroxyl groups excluding tert-OH is 1. The van der Waals surface area contributed by atoms with Gasteiger partial charge in [0.2, 0.25) is 0 Å². The summed E-state index contributed by atoms with van der Waals surface area (Å²) in [5, 5.41) is 10.2. The van der Waals surface area contributed by atoms with Crippen LogP contribution in [0.4, 0.5) is 0 Å². The lowest BCUT2D eigenvalue weighted by Crippen LogP contribution is -2.32. The van der Waals surface area contributed by atoms with Gasteiger partial charge in [0.15, 0.2) is 5.78 Å². The molecule has 1 aliphatic rings. The summed E-state index contributed by atoms with van der Waals surface area (Å²) in [5.41, 5.74) is 5.48. The summed E-state index contributed by atoms with van der Waals surface area (Å²) in [6.07, 6.45) is -0.358. The first-order valence-electron chi connectivity index (χ1n) is 6.46. The van der Waals surface area contributed by atoms with Crippen LogP contribution in [0.15, 0.2) is 23.3 Å². The summed E-state index contributed by atoms with van der Waals surface area (Å²) in [6, 6.07) is 3.93. The van der Waals surface area contributed by atoms with Crippen molar-refractivity contribution in [3.05, 3.63) is 45.5 Å². The number of fused-ring (bicyclic) bond motifs is 1. The van der Waals surface area contributed by atoms with E-state index in [1.54, 1.807) is 7.11 Å². The lowest BCUT2D eigenvalue weighted by atomic mass is 9.79. The van der Waals surface area contributed by atoms with E-state index in [0.29, 0.717) is 18.6 Å². The van der Waals surface area contributed by atoms with Crippen molar-refractivity contribution in [2.75, 3.05) is 7.11 Å². The van der Waals surface area contributed by atoms with Crippen molar-refractivity contribution in [2.24, 2.45) is 0 Å². The number of carbonyl (C=O) groups is 1. The second-order valence-corrected chi connectivity index (χ2v) is 5.30. The highest BCUT2D eigenvalue weighted by Crippen LogP contribution is 2.32. The highest BCUT2D eigenvalue weighted by atomic mass is 16.5. The molecule has 1 N–H and O–H groups in total.